The van der Waals surface area contributed by atoms with Gasteiger partial charge in [0, 0.05) is 26.2 Å². The van der Waals surface area contributed by atoms with Crippen LogP contribution >= 0.6 is 0 Å². The van der Waals surface area contributed by atoms with Crippen molar-refractivity contribution in [3.8, 4) is 0 Å². The summed E-state index contributed by atoms with van der Waals surface area (Å²) in [5, 5.41) is 0. The molecule has 0 aliphatic carbocycles. The summed E-state index contributed by atoms with van der Waals surface area (Å²) in [5.74, 6) is 0.150. The zero-order valence-corrected chi connectivity index (χ0v) is 10.6. The van der Waals surface area contributed by atoms with E-state index in [-0.39, 0.29) is 18.1 Å². The molecule has 1 aromatic carbocycles. The Kier molecular flexibility index (Phi) is 3.06. The average Bonchev–Trinajstić information content (AvgIpc) is 3.20. The number of epoxide rings is 1. The molecule has 1 aromatic rings. The highest BCUT2D eigenvalue weighted by atomic mass is 16.6. The van der Waals surface area contributed by atoms with Gasteiger partial charge in [-0.05, 0) is 12.6 Å². The van der Waals surface area contributed by atoms with Crippen LogP contribution in [0.15, 0.2) is 30.3 Å². The Hall–Kier alpha value is -1.39. The first-order valence-electron chi connectivity index (χ1n) is 6.43. The number of carbonyl (C=O) groups is 1. The molecule has 0 N–H and O–H groups in total. The summed E-state index contributed by atoms with van der Waals surface area (Å²) in [5.41, 5.74) is 1.10. The lowest BCUT2D eigenvalue weighted by atomic mass is 10.1. The van der Waals surface area contributed by atoms with E-state index in [1.54, 1.807) is 0 Å². The predicted molar refractivity (Wildman–Crippen MR) is 68.1 cm³/mol. The molecule has 2 fully saturated rings. The summed E-state index contributed by atoms with van der Waals surface area (Å²) < 4.78 is 5.54. The molecule has 2 atom stereocenters. The molecule has 2 saturated heterocycles. The summed E-state index contributed by atoms with van der Waals surface area (Å²) in [6.07, 6.45) is -0.283. The molecule has 4 nitrogen and oxygen atoms in total. The minimum absolute atomic E-state index is 0.0293. The van der Waals surface area contributed by atoms with E-state index in [0.29, 0.717) is 0 Å². The van der Waals surface area contributed by atoms with Gasteiger partial charge in [0.1, 0.15) is 6.10 Å². The van der Waals surface area contributed by atoms with E-state index in [2.05, 4.69) is 11.9 Å². The van der Waals surface area contributed by atoms with Crippen molar-refractivity contribution in [1.82, 2.24) is 9.80 Å². The third-order valence-electron chi connectivity index (χ3n) is 3.68. The number of likely N-dealkylation sites (N-methyl/N-ethyl adjacent to an activating group) is 1. The van der Waals surface area contributed by atoms with Crippen LogP contribution in [0.2, 0.25) is 0 Å². The number of nitrogens with zero attached hydrogens (tertiary/aromatic N) is 2. The largest absolute Gasteiger partial charge is 0.354 e. The highest BCUT2D eigenvalue weighted by Crippen LogP contribution is 2.39. The molecule has 4 heteroatoms. The second-order valence-corrected chi connectivity index (χ2v) is 5.02. The van der Waals surface area contributed by atoms with Crippen LogP contribution in [0.25, 0.3) is 0 Å². The Morgan fingerprint density at radius 1 is 1.17 bits per heavy atom. The molecular weight excluding hydrogens is 228 g/mol. The molecule has 2 aliphatic heterocycles. The molecule has 0 spiro atoms. The van der Waals surface area contributed by atoms with Gasteiger partial charge < -0.3 is 14.5 Å². The van der Waals surface area contributed by atoms with Crippen LogP contribution in [-0.4, -0.2) is 55.0 Å². The van der Waals surface area contributed by atoms with Gasteiger partial charge in [-0.1, -0.05) is 30.3 Å². The number of hydrogen-bond donors (Lipinski definition) is 0. The van der Waals surface area contributed by atoms with E-state index in [1.807, 2.05) is 35.2 Å². The Labute approximate surface area is 107 Å². The lowest BCUT2D eigenvalue weighted by molar-refractivity contribution is -0.134. The number of hydrogen-bond acceptors (Lipinski definition) is 3. The lowest BCUT2D eigenvalue weighted by Crippen LogP contribution is -2.48. The van der Waals surface area contributed by atoms with Gasteiger partial charge in [-0.2, -0.15) is 0 Å². The molecule has 18 heavy (non-hydrogen) atoms. The number of rotatable bonds is 2. The first kappa shape index (κ1) is 11.7. The summed E-state index contributed by atoms with van der Waals surface area (Å²) in [7, 11) is 2.09. The van der Waals surface area contributed by atoms with Crippen molar-refractivity contribution < 1.29 is 9.53 Å². The Balaban J connectivity index is 1.59. The number of carbonyl (C=O) groups excluding carboxylic acids is 1. The SMILES string of the molecule is CN1CCN(C(=O)[C@@H]2O[C@H]2c2ccccc2)CC1. The van der Waals surface area contributed by atoms with Crippen LogP contribution < -0.4 is 0 Å². The maximum Gasteiger partial charge on any atom is 0.254 e. The average molecular weight is 246 g/mol. The third-order valence-corrected chi connectivity index (χ3v) is 3.68. The van der Waals surface area contributed by atoms with Crippen molar-refractivity contribution in [3.63, 3.8) is 0 Å². The summed E-state index contributed by atoms with van der Waals surface area (Å²) in [6, 6.07) is 9.97. The molecule has 0 saturated carbocycles. The van der Waals surface area contributed by atoms with E-state index in [0.717, 1.165) is 31.7 Å². The molecule has 0 aromatic heterocycles. The lowest BCUT2D eigenvalue weighted by Gasteiger charge is -2.32. The molecule has 0 unspecified atom stereocenters. The van der Waals surface area contributed by atoms with Gasteiger partial charge in [-0.25, -0.2) is 0 Å². The molecule has 2 heterocycles. The van der Waals surface area contributed by atoms with Gasteiger partial charge in [-0.15, -0.1) is 0 Å². The van der Waals surface area contributed by atoms with E-state index in [9.17, 15) is 4.79 Å². The van der Waals surface area contributed by atoms with Crippen molar-refractivity contribution in [2.75, 3.05) is 33.2 Å². The minimum Gasteiger partial charge on any atom is -0.354 e. The summed E-state index contributed by atoms with van der Waals surface area (Å²) in [6.45, 7) is 3.54. The van der Waals surface area contributed by atoms with E-state index in [1.165, 1.54) is 0 Å². The van der Waals surface area contributed by atoms with Crippen molar-refractivity contribution in [2.45, 2.75) is 12.2 Å². The first-order chi connectivity index (χ1) is 8.75. The Morgan fingerprint density at radius 2 is 1.83 bits per heavy atom. The van der Waals surface area contributed by atoms with Crippen LogP contribution in [-0.2, 0) is 9.53 Å². The van der Waals surface area contributed by atoms with Crippen molar-refractivity contribution >= 4 is 5.91 Å². The van der Waals surface area contributed by atoms with Crippen LogP contribution in [0.5, 0.6) is 0 Å². The van der Waals surface area contributed by atoms with Crippen LogP contribution in [0.3, 0.4) is 0 Å². The maximum atomic E-state index is 12.2. The molecular formula is C14H18N2O2. The van der Waals surface area contributed by atoms with Crippen molar-refractivity contribution in [3.05, 3.63) is 35.9 Å². The number of ether oxygens (including phenoxy) is 1. The fourth-order valence-corrected chi connectivity index (χ4v) is 2.40. The Morgan fingerprint density at radius 3 is 2.50 bits per heavy atom. The molecule has 0 radical (unpaired) electrons. The normalized spacial score (nSPS) is 28.2. The van der Waals surface area contributed by atoms with Crippen LogP contribution in [0.4, 0.5) is 0 Å². The van der Waals surface area contributed by atoms with Gasteiger partial charge in [-0.3, -0.25) is 4.79 Å². The second kappa shape index (κ2) is 4.71. The zero-order chi connectivity index (χ0) is 12.5. The maximum absolute atomic E-state index is 12.2. The molecule has 1 amide bonds. The quantitative estimate of drug-likeness (QED) is 0.727. The molecule has 0 bridgehead atoms. The minimum atomic E-state index is -0.254. The van der Waals surface area contributed by atoms with Gasteiger partial charge in [0.15, 0.2) is 6.10 Å². The third kappa shape index (κ3) is 2.26. The number of benzene rings is 1. The topological polar surface area (TPSA) is 36.1 Å². The highest BCUT2D eigenvalue weighted by Gasteiger charge is 2.47. The second-order valence-electron chi connectivity index (χ2n) is 5.02. The number of piperazine rings is 1. The highest BCUT2D eigenvalue weighted by molar-refractivity contribution is 5.84. The smallest absolute Gasteiger partial charge is 0.254 e. The standard InChI is InChI=1S/C14H18N2O2/c1-15-7-9-16(10-8-15)14(17)13-12(18-13)11-5-3-2-4-6-11/h2-6,12-13H,7-10H2,1H3/t12-,13+/m0/s1. The van der Waals surface area contributed by atoms with Gasteiger partial charge in [0.2, 0.25) is 0 Å². The molecule has 3 rings (SSSR count). The Bertz CT molecular complexity index is 427. The first-order valence-corrected chi connectivity index (χ1v) is 6.43. The van der Waals surface area contributed by atoms with Gasteiger partial charge >= 0.3 is 0 Å². The fraction of sp³-hybridized carbons (Fsp3) is 0.500. The van der Waals surface area contributed by atoms with E-state index < -0.39 is 0 Å². The number of amides is 1. The predicted octanol–water partition coefficient (Wildman–Crippen LogP) is 0.900. The van der Waals surface area contributed by atoms with Gasteiger partial charge in [0.25, 0.3) is 5.91 Å². The zero-order valence-electron chi connectivity index (χ0n) is 10.6. The van der Waals surface area contributed by atoms with Crippen LogP contribution in [0, 0.1) is 0 Å². The molecule has 96 valence electrons. The summed E-state index contributed by atoms with van der Waals surface area (Å²) in [4.78, 5) is 16.4. The molecule has 2 aliphatic rings. The monoisotopic (exact) mass is 246 g/mol. The van der Waals surface area contributed by atoms with E-state index in [4.69, 9.17) is 4.74 Å². The van der Waals surface area contributed by atoms with E-state index >= 15 is 0 Å². The van der Waals surface area contributed by atoms with Crippen LogP contribution in [0.1, 0.15) is 11.7 Å². The van der Waals surface area contributed by atoms with Gasteiger partial charge in [0.05, 0.1) is 0 Å². The van der Waals surface area contributed by atoms with Crippen molar-refractivity contribution in [2.24, 2.45) is 0 Å². The van der Waals surface area contributed by atoms with Crippen molar-refractivity contribution in [1.29, 1.82) is 0 Å². The summed E-state index contributed by atoms with van der Waals surface area (Å²) >= 11 is 0. The fourth-order valence-electron chi connectivity index (χ4n) is 2.40.